The molecule has 3 amide bonds. The summed E-state index contributed by atoms with van der Waals surface area (Å²) >= 11 is 0. The van der Waals surface area contributed by atoms with E-state index in [-0.39, 0.29) is 43.5 Å². The number of carbonyl (C=O) groups excluding carboxylic acids is 3. The molecule has 38 heavy (non-hydrogen) atoms. The number of carbonyl (C=O) groups is 3. The van der Waals surface area contributed by atoms with Crippen LogP contribution in [-0.2, 0) is 14.3 Å². The van der Waals surface area contributed by atoms with Crippen LogP contribution in [0, 0.1) is 0 Å². The fourth-order valence-corrected chi connectivity index (χ4v) is 4.35. The monoisotopic (exact) mass is 526 g/mol. The summed E-state index contributed by atoms with van der Waals surface area (Å²) in [6.45, 7) is 6.31. The van der Waals surface area contributed by atoms with Crippen LogP contribution in [0.4, 0.5) is 4.79 Å². The van der Waals surface area contributed by atoms with E-state index in [0.717, 1.165) is 5.01 Å². The number of amides is 3. The molecule has 0 atom stereocenters. The van der Waals surface area contributed by atoms with Gasteiger partial charge in [-0.05, 0) is 51.8 Å². The Labute approximate surface area is 219 Å². The Kier molecular flexibility index (Phi) is 6.91. The molecule has 0 saturated carbocycles. The Morgan fingerprint density at radius 1 is 1.13 bits per heavy atom. The fourth-order valence-electron chi connectivity index (χ4n) is 4.35. The first kappa shape index (κ1) is 25.5. The van der Waals surface area contributed by atoms with Crippen LogP contribution in [0.2, 0.25) is 0 Å². The first-order chi connectivity index (χ1) is 18.1. The second kappa shape index (κ2) is 10.3. The summed E-state index contributed by atoms with van der Waals surface area (Å²) in [6, 6.07) is 5.26. The zero-order chi connectivity index (χ0) is 26.9. The fraction of sp³-hybridized carbons (Fsp3) is 0.520. The molecule has 1 aromatic carbocycles. The molecule has 1 saturated heterocycles. The van der Waals surface area contributed by atoms with Gasteiger partial charge in [-0.1, -0.05) is 5.16 Å². The van der Waals surface area contributed by atoms with Gasteiger partial charge >= 0.3 is 6.09 Å². The Hall–Kier alpha value is -4.16. The van der Waals surface area contributed by atoms with Gasteiger partial charge in [-0.3, -0.25) is 9.59 Å². The maximum Gasteiger partial charge on any atom is 0.407 e. The lowest BCUT2D eigenvalue weighted by molar-refractivity contribution is -0.141. The lowest BCUT2D eigenvalue weighted by Crippen LogP contribution is -2.50. The third kappa shape index (κ3) is 5.87. The van der Waals surface area contributed by atoms with Crippen molar-refractivity contribution in [3.05, 3.63) is 24.1 Å². The Balaban J connectivity index is 1.18. The van der Waals surface area contributed by atoms with Gasteiger partial charge in [-0.15, -0.1) is 0 Å². The zero-order valence-electron chi connectivity index (χ0n) is 21.6. The number of benzene rings is 1. The van der Waals surface area contributed by atoms with Crippen molar-refractivity contribution in [1.29, 1.82) is 0 Å². The standard InChI is InChI=1S/C25H30N6O7/c1-25(2,3)37-24(34)26-16-8-10-30(11-9-16)21(33)13-31-20(32)7-5-17(28-31)23-27-22(29-38-23)15-4-6-18-19(12-15)36-14-35-18/h4,6,12,16H,5,7-11,13-14H2,1-3H3,(H,26,34). The van der Waals surface area contributed by atoms with Crippen molar-refractivity contribution in [2.75, 3.05) is 26.4 Å². The molecule has 0 bridgehead atoms. The molecule has 0 radical (unpaired) electrons. The van der Waals surface area contributed by atoms with Crippen LogP contribution in [0.15, 0.2) is 27.8 Å². The molecule has 1 N–H and O–H groups in total. The van der Waals surface area contributed by atoms with Gasteiger partial charge in [0.15, 0.2) is 11.5 Å². The molecule has 13 nitrogen and oxygen atoms in total. The Bertz CT molecular complexity index is 1260. The van der Waals surface area contributed by atoms with Crippen molar-refractivity contribution >= 4 is 23.6 Å². The summed E-state index contributed by atoms with van der Waals surface area (Å²) in [5.74, 6) is 1.32. The predicted octanol–water partition coefficient (Wildman–Crippen LogP) is 2.31. The number of fused-ring (bicyclic) bond motifs is 1. The highest BCUT2D eigenvalue weighted by Gasteiger charge is 2.30. The van der Waals surface area contributed by atoms with Crippen LogP contribution >= 0.6 is 0 Å². The summed E-state index contributed by atoms with van der Waals surface area (Å²) in [4.78, 5) is 43.6. The lowest BCUT2D eigenvalue weighted by atomic mass is 10.1. The molecule has 1 fully saturated rings. The molecular weight excluding hydrogens is 496 g/mol. The summed E-state index contributed by atoms with van der Waals surface area (Å²) < 4.78 is 21.4. The zero-order valence-corrected chi connectivity index (χ0v) is 21.6. The van der Waals surface area contributed by atoms with Gasteiger partial charge in [-0.2, -0.15) is 10.1 Å². The molecule has 0 spiro atoms. The quantitative estimate of drug-likeness (QED) is 0.619. The maximum absolute atomic E-state index is 12.9. The van der Waals surface area contributed by atoms with E-state index >= 15 is 0 Å². The van der Waals surface area contributed by atoms with E-state index in [1.165, 1.54) is 0 Å². The number of nitrogens with zero attached hydrogens (tertiary/aromatic N) is 5. The topological polar surface area (TPSA) is 149 Å². The molecule has 4 heterocycles. The van der Waals surface area contributed by atoms with Crippen LogP contribution in [-0.4, -0.2) is 81.7 Å². The highest BCUT2D eigenvalue weighted by Crippen LogP contribution is 2.35. The number of hydrogen-bond acceptors (Lipinski definition) is 10. The van der Waals surface area contributed by atoms with Gasteiger partial charge < -0.3 is 29.0 Å². The van der Waals surface area contributed by atoms with Crippen LogP contribution in [0.1, 0.15) is 52.3 Å². The van der Waals surface area contributed by atoms with Crippen molar-refractivity contribution in [2.45, 2.75) is 58.1 Å². The summed E-state index contributed by atoms with van der Waals surface area (Å²) in [5, 5.41) is 12.4. The molecule has 2 aromatic rings. The van der Waals surface area contributed by atoms with Gasteiger partial charge in [-0.25, -0.2) is 9.80 Å². The molecule has 0 aliphatic carbocycles. The van der Waals surface area contributed by atoms with Gasteiger partial charge in [0, 0.05) is 37.5 Å². The number of alkyl carbamates (subject to hydrolysis) is 1. The molecule has 202 valence electrons. The minimum atomic E-state index is -0.574. The van der Waals surface area contributed by atoms with E-state index in [2.05, 4.69) is 20.6 Å². The van der Waals surface area contributed by atoms with E-state index in [1.54, 1.807) is 43.9 Å². The van der Waals surface area contributed by atoms with E-state index < -0.39 is 11.7 Å². The van der Waals surface area contributed by atoms with Crippen LogP contribution in [0.3, 0.4) is 0 Å². The van der Waals surface area contributed by atoms with E-state index in [0.29, 0.717) is 61.0 Å². The van der Waals surface area contributed by atoms with Crippen molar-refractivity contribution < 1.29 is 33.1 Å². The molecule has 13 heteroatoms. The maximum atomic E-state index is 12.9. The molecule has 5 rings (SSSR count). The lowest BCUT2D eigenvalue weighted by Gasteiger charge is -2.34. The van der Waals surface area contributed by atoms with Gasteiger partial charge in [0.05, 0.1) is 0 Å². The minimum absolute atomic E-state index is 0.0772. The highest BCUT2D eigenvalue weighted by atomic mass is 16.7. The van der Waals surface area contributed by atoms with Crippen LogP contribution < -0.4 is 14.8 Å². The van der Waals surface area contributed by atoms with Crippen molar-refractivity contribution in [1.82, 2.24) is 25.4 Å². The molecule has 1 aromatic heterocycles. The Morgan fingerprint density at radius 2 is 1.89 bits per heavy atom. The average Bonchev–Trinajstić information content (AvgIpc) is 3.54. The average molecular weight is 527 g/mol. The van der Waals surface area contributed by atoms with Gasteiger partial charge in [0.1, 0.15) is 17.9 Å². The second-order valence-corrected chi connectivity index (χ2v) is 10.3. The largest absolute Gasteiger partial charge is 0.454 e. The first-order valence-corrected chi connectivity index (χ1v) is 12.5. The number of piperidine rings is 1. The van der Waals surface area contributed by atoms with Crippen molar-refractivity contribution in [3.63, 3.8) is 0 Å². The van der Waals surface area contributed by atoms with Crippen LogP contribution in [0.5, 0.6) is 11.5 Å². The molecule has 3 aliphatic heterocycles. The van der Waals surface area contributed by atoms with Crippen molar-refractivity contribution in [3.8, 4) is 22.9 Å². The van der Waals surface area contributed by atoms with Gasteiger partial charge in [0.25, 0.3) is 5.89 Å². The number of aromatic nitrogens is 2. The third-order valence-corrected chi connectivity index (χ3v) is 6.26. The van der Waals surface area contributed by atoms with Crippen LogP contribution in [0.25, 0.3) is 11.4 Å². The number of nitrogens with one attached hydrogen (secondary N) is 1. The molecule has 0 unspecified atom stereocenters. The predicted molar refractivity (Wildman–Crippen MR) is 132 cm³/mol. The normalized spacial score (nSPS) is 17.9. The summed E-state index contributed by atoms with van der Waals surface area (Å²) in [7, 11) is 0. The van der Waals surface area contributed by atoms with E-state index in [4.69, 9.17) is 18.7 Å². The number of ether oxygens (including phenoxy) is 3. The van der Waals surface area contributed by atoms with E-state index in [9.17, 15) is 14.4 Å². The minimum Gasteiger partial charge on any atom is -0.454 e. The molecular formula is C25H30N6O7. The number of likely N-dealkylation sites (tertiary alicyclic amines) is 1. The third-order valence-electron chi connectivity index (χ3n) is 6.26. The van der Waals surface area contributed by atoms with Crippen molar-refractivity contribution in [2.24, 2.45) is 5.10 Å². The Morgan fingerprint density at radius 3 is 2.66 bits per heavy atom. The van der Waals surface area contributed by atoms with E-state index in [1.807, 2.05) is 0 Å². The highest BCUT2D eigenvalue weighted by molar-refractivity contribution is 6.01. The smallest absolute Gasteiger partial charge is 0.407 e. The number of hydrogen-bond donors (Lipinski definition) is 1. The van der Waals surface area contributed by atoms with Gasteiger partial charge in [0.2, 0.25) is 24.4 Å². The summed E-state index contributed by atoms with van der Waals surface area (Å²) in [6.07, 6.45) is 1.23. The number of hydrazone groups is 1. The number of rotatable bonds is 5. The molecule has 3 aliphatic rings. The second-order valence-electron chi connectivity index (χ2n) is 10.3. The first-order valence-electron chi connectivity index (χ1n) is 12.5. The summed E-state index contributed by atoms with van der Waals surface area (Å²) in [5.41, 5.74) is 0.557. The SMILES string of the molecule is CC(C)(C)OC(=O)NC1CCN(C(=O)CN2N=C(c3nc(-c4ccc5c(c4)OCO5)no3)CCC2=O)CC1.